The Labute approximate surface area is 97.4 Å². The Hall–Kier alpha value is -1.63. The molecule has 0 unspecified atom stereocenters. The first-order valence-electron chi connectivity index (χ1n) is 5.93. The molecule has 1 heterocycles. The molecule has 0 fully saturated rings. The van der Waals surface area contributed by atoms with Crippen LogP contribution in [-0.4, -0.2) is 0 Å². The predicted molar refractivity (Wildman–Crippen MR) is 66.0 cm³/mol. The smallest absolute Gasteiger partial charge is 0.168 e. The summed E-state index contributed by atoms with van der Waals surface area (Å²) in [4.78, 5) is 0. The maximum atomic E-state index is 2.24. The van der Waals surface area contributed by atoms with Crippen LogP contribution in [-0.2, 0) is 13.0 Å². The summed E-state index contributed by atoms with van der Waals surface area (Å²) in [7, 11) is 0. The van der Waals surface area contributed by atoms with Crippen LogP contribution in [0.4, 0.5) is 0 Å². The number of hydrogen-bond acceptors (Lipinski definition) is 0. The van der Waals surface area contributed by atoms with E-state index in [1.807, 2.05) is 0 Å². The fourth-order valence-electron chi connectivity index (χ4n) is 1.85. The van der Waals surface area contributed by atoms with E-state index in [0.29, 0.717) is 0 Å². The van der Waals surface area contributed by atoms with E-state index in [9.17, 15) is 0 Å². The minimum absolute atomic E-state index is 1.12. The van der Waals surface area contributed by atoms with Gasteiger partial charge in [0.2, 0.25) is 0 Å². The van der Waals surface area contributed by atoms with Crippen LogP contribution in [0.25, 0.3) is 0 Å². The van der Waals surface area contributed by atoms with E-state index in [-0.39, 0.29) is 0 Å². The van der Waals surface area contributed by atoms with Crippen molar-refractivity contribution >= 4 is 0 Å². The van der Waals surface area contributed by atoms with Crippen LogP contribution in [0.2, 0.25) is 0 Å². The molecule has 82 valence electrons. The second kappa shape index (κ2) is 6.06. The van der Waals surface area contributed by atoms with Crippen LogP contribution in [0, 0.1) is 0 Å². The molecule has 0 aliphatic heterocycles. The maximum absolute atomic E-state index is 2.24. The molecule has 0 amide bonds. The van der Waals surface area contributed by atoms with Crippen LogP contribution < -0.4 is 4.57 Å². The van der Waals surface area contributed by atoms with Gasteiger partial charge < -0.3 is 0 Å². The summed E-state index contributed by atoms with van der Waals surface area (Å²) in [6, 6.07) is 16.9. The zero-order chi connectivity index (χ0) is 11.1. The van der Waals surface area contributed by atoms with Crippen molar-refractivity contribution < 1.29 is 4.57 Å². The fourth-order valence-corrected chi connectivity index (χ4v) is 1.85. The van der Waals surface area contributed by atoms with Crippen molar-refractivity contribution in [1.29, 1.82) is 0 Å². The quantitative estimate of drug-likeness (QED) is 0.530. The summed E-state index contributed by atoms with van der Waals surface area (Å²) in [6.45, 7) is 1.12. The van der Waals surface area contributed by atoms with Crippen LogP contribution in [0.3, 0.4) is 0 Å². The van der Waals surface area contributed by atoms with Crippen molar-refractivity contribution in [2.45, 2.75) is 25.8 Å². The summed E-state index contributed by atoms with van der Waals surface area (Å²) in [5.74, 6) is 0. The number of aryl methyl sites for hydroxylation is 2. The normalized spacial score (nSPS) is 10.2. The van der Waals surface area contributed by atoms with Gasteiger partial charge in [-0.1, -0.05) is 36.4 Å². The Kier molecular flexibility index (Phi) is 4.12. The molecule has 0 spiro atoms. The van der Waals surface area contributed by atoms with Crippen LogP contribution >= 0.6 is 0 Å². The number of hydrogen-bond donors (Lipinski definition) is 0. The van der Waals surface area contributed by atoms with Crippen molar-refractivity contribution in [3.63, 3.8) is 0 Å². The molecule has 1 aromatic carbocycles. The lowest BCUT2D eigenvalue weighted by Crippen LogP contribution is -2.32. The highest BCUT2D eigenvalue weighted by atomic mass is 14.9. The van der Waals surface area contributed by atoms with Gasteiger partial charge in [-0.05, 0) is 18.4 Å². The molecular weight excluding hydrogens is 194 g/mol. The minimum Gasteiger partial charge on any atom is -0.205 e. The SMILES string of the molecule is c1ccc(CCCC[n+]2ccccc2)cc1. The number of nitrogens with zero attached hydrogens (tertiary/aromatic N) is 1. The van der Waals surface area contributed by atoms with Crippen molar-refractivity contribution in [1.82, 2.24) is 0 Å². The van der Waals surface area contributed by atoms with Gasteiger partial charge in [0.15, 0.2) is 12.4 Å². The number of pyridine rings is 1. The van der Waals surface area contributed by atoms with Crippen molar-refractivity contribution in [3.8, 4) is 0 Å². The number of aromatic nitrogens is 1. The molecule has 2 aromatic rings. The third-order valence-corrected chi connectivity index (χ3v) is 2.75. The highest BCUT2D eigenvalue weighted by Crippen LogP contribution is 2.04. The van der Waals surface area contributed by atoms with Crippen molar-refractivity contribution in [3.05, 3.63) is 66.5 Å². The number of unbranched alkanes of at least 4 members (excludes halogenated alkanes) is 1. The van der Waals surface area contributed by atoms with Crippen LogP contribution in [0.5, 0.6) is 0 Å². The second-order valence-electron chi connectivity index (χ2n) is 4.06. The first kappa shape index (κ1) is 10.9. The molecule has 0 saturated carbocycles. The lowest BCUT2D eigenvalue weighted by molar-refractivity contribution is -0.697. The lowest BCUT2D eigenvalue weighted by atomic mass is 10.1. The van der Waals surface area contributed by atoms with Crippen molar-refractivity contribution in [2.75, 3.05) is 0 Å². The molecule has 0 aliphatic carbocycles. The van der Waals surface area contributed by atoms with Gasteiger partial charge in [0, 0.05) is 18.6 Å². The fraction of sp³-hybridized carbons (Fsp3) is 0.267. The van der Waals surface area contributed by atoms with E-state index in [2.05, 4.69) is 65.5 Å². The molecule has 1 nitrogen and oxygen atoms in total. The van der Waals surface area contributed by atoms with Gasteiger partial charge in [-0.2, -0.15) is 0 Å². The highest BCUT2D eigenvalue weighted by molar-refractivity contribution is 5.14. The molecule has 1 heteroatoms. The van der Waals surface area contributed by atoms with E-state index in [1.165, 1.54) is 24.8 Å². The third-order valence-electron chi connectivity index (χ3n) is 2.75. The Bertz CT molecular complexity index is 353. The van der Waals surface area contributed by atoms with Crippen molar-refractivity contribution in [2.24, 2.45) is 0 Å². The Morgan fingerprint density at radius 1 is 0.750 bits per heavy atom. The van der Waals surface area contributed by atoms with Gasteiger partial charge in [0.05, 0.1) is 0 Å². The molecule has 2 rings (SSSR count). The van der Waals surface area contributed by atoms with Gasteiger partial charge >= 0.3 is 0 Å². The standard InChI is InChI=1S/C15H18N/c1-3-9-15(10-4-1)11-5-8-14-16-12-6-2-7-13-16/h1-4,6-7,9-10,12-13H,5,8,11,14H2/q+1. The Morgan fingerprint density at radius 2 is 1.44 bits per heavy atom. The number of benzene rings is 1. The molecule has 0 bridgehead atoms. The Balaban J connectivity index is 1.70. The van der Waals surface area contributed by atoms with E-state index >= 15 is 0 Å². The summed E-state index contributed by atoms with van der Waals surface area (Å²) >= 11 is 0. The van der Waals surface area contributed by atoms with Gasteiger partial charge in [-0.3, -0.25) is 0 Å². The van der Waals surface area contributed by atoms with Crippen LogP contribution in [0.15, 0.2) is 60.9 Å². The second-order valence-corrected chi connectivity index (χ2v) is 4.06. The van der Waals surface area contributed by atoms with Gasteiger partial charge in [0.1, 0.15) is 6.54 Å². The van der Waals surface area contributed by atoms with Gasteiger partial charge in [0.25, 0.3) is 0 Å². The van der Waals surface area contributed by atoms with E-state index in [0.717, 1.165) is 6.54 Å². The highest BCUT2D eigenvalue weighted by Gasteiger charge is 1.98. The Morgan fingerprint density at radius 3 is 2.19 bits per heavy atom. The monoisotopic (exact) mass is 212 g/mol. The van der Waals surface area contributed by atoms with E-state index in [1.54, 1.807) is 0 Å². The molecular formula is C15H18N+. The third kappa shape index (κ3) is 3.50. The molecule has 0 aliphatic rings. The average Bonchev–Trinajstić information content (AvgIpc) is 2.37. The van der Waals surface area contributed by atoms with Gasteiger partial charge in [-0.15, -0.1) is 0 Å². The zero-order valence-corrected chi connectivity index (χ0v) is 9.55. The van der Waals surface area contributed by atoms with E-state index < -0.39 is 0 Å². The first-order chi connectivity index (χ1) is 7.95. The number of rotatable bonds is 5. The summed E-state index contributed by atoms with van der Waals surface area (Å²) in [5.41, 5.74) is 1.44. The van der Waals surface area contributed by atoms with Gasteiger partial charge in [-0.25, -0.2) is 4.57 Å². The molecule has 16 heavy (non-hydrogen) atoms. The molecule has 0 radical (unpaired) electrons. The predicted octanol–water partition coefficient (Wildman–Crippen LogP) is 3.00. The average molecular weight is 212 g/mol. The largest absolute Gasteiger partial charge is 0.205 e. The topological polar surface area (TPSA) is 3.88 Å². The van der Waals surface area contributed by atoms with E-state index in [4.69, 9.17) is 0 Å². The molecule has 0 saturated heterocycles. The molecule has 1 aromatic heterocycles. The van der Waals surface area contributed by atoms with Crippen LogP contribution in [0.1, 0.15) is 18.4 Å². The zero-order valence-electron chi connectivity index (χ0n) is 9.55. The first-order valence-corrected chi connectivity index (χ1v) is 5.93. The summed E-state index contributed by atoms with van der Waals surface area (Å²) in [6.07, 6.45) is 7.94. The molecule has 0 N–H and O–H groups in total. The summed E-state index contributed by atoms with van der Waals surface area (Å²) in [5, 5.41) is 0. The lowest BCUT2D eigenvalue weighted by Gasteiger charge is -1.99. The summed E-state index contributed by atoms with van der Waals surface area (Å²) < 4.78 is 2.24. The minimum atomic E-state index is 1.12. The molecule has 0 atom stereocenters. The maximum Gasteiger partial charge on any atom is 0.168 e.